The van der Waals surface area contributed by atoms with E-state index in [1.165, 1.54) is 6.92 Å². The van der Waals surface area contributed by atoms with Crippen LogP contribution in [-0.4, -0.2) is 35.9 Å². The van der Waals surface area contributed by atoms with Gasteiger partial charge in [0.2, 0.25) is 5.91 Å². The molecule has 0 aromatic carbocycles. The molecule has 1 aliphatic heterocycles. The normalized spacial score (nSPS) is 26.8. The third kappa shape index (κ3) is 3.40. The zero-order chi connectivity index (χ0) is 9.90. The first kappa shape index (κ1) is 9.95. The summed E-state index contributed by atoms with van der Waals surface area (Å²) in [6.07, 6.45) is 5.42. The van der Waals surface area contributed by atoms with Gasteiger partial charge in [0.1, 0.15) is 19.8 Å². The largest absolute Gasteiger partial charge is 0.352 e. The molecular formula is C9H15N2O2+. The summed E-state index contributed by atoms with van der Waals surface area (Å²) in [5.74, 6) is -0.0406. The highest BCUT2D eigenvalue weighted by Crippen LogP contribution is 2.09. The molecule has 0 fully saturated rings. The molecule has 72 valence electrons. The maximum Gasteiger partial charge on any atom is 0.217 e. The summed E-state index contributed by atoms with van der Waals surface area (Å²) in [7, 11) is 1.70. The van der Waals surface area contributed by atoms with Crippen molar-refractivity contribution in [3.8, 4) is 0 Å². The maximum absolute atomic E-state index is 10.6. The van der Waals surface area contributed by atoms with Crippen molar-refractivity contribution in [2.24, 2.45) is 0 Å². The first-order valence-electron chi connectivity index (χ1n) is 4.20. The minimum Gasteiger partial charge on any atom is -0.352 e. The zero-order valence-electron chi connectivity index (χ0n) is 7.95. The van der Waals surface area contributed by atoms with E-state index in [1.807, 2.05) is 12.2 Å². The Morgan fingerprint density at radius 1 is 1.77 bits per heavy atom. The molecule has 4 nitrogen and oxygen atoms in total. The SMILES string of the molecule is CC(=O)NCC1=CC[N+](C)(O)C=C1. The van der Waals surface area contributed by atoms with Gasteiger partial charge >= 0.3 is 0 Å². The number of amides is 1. The number of carbonyl (C=O) groups excluding carboxylic acids is 1. The van der Waals surface area contributed by atoms with E-state index in [-0.39, 0.29) is 10.6 Å². The Morgan fingerprint density at radius 2 is 2.46 bits per heavy atom. The van der Waals surface area contributed by atoms with Gasteiger partial charge < -0.3 is 5.32 Å². The van der Waals surface area contributed by atoms with Gasteiger partial charge in [0.25, 0.3) is 0 Å². The molecule has 0 spiro atoms. The van der Waals surface area contributed by atoms with Gasteiger partial charge in [0.15, 0.2) is 0 Å². The fraction of sp³-hybridized carbons (Fsp3) is 0.444. The lowest BCUT2D eigenvalue weighted by atomic mass is 10.2. The predicted molar refractivity (Wildman–Crippen MR) is 48.7 cm³/mol. The summed E-state index contributed by atoms with van der Waals surface area (Å²) in [6.45, 7) is 2.57. The number of quaternary nitrogens is 1. The van der Waals surface area contributed by atoms with Crippen molar-refractivity contribution in [1.29, 1.82) is 0 Å². The summed E-state index contributed by atoms with van der Waals surface area (Å²) in [6, 6.07) is 0. The summed E-state index contributed by atoms with van der Waals surface area (Å²) >= 11 is 0. The van der Waals surface area contributed by atoms with Crippen LogP contribution >= 0.6 is 0 Å². The average Bonchev–Trinajstić information content (AvgIpc) is 2.02. The van der Waals surface area contributed by atoms with Gasteiger partial charge in [0, 0.05) is 13.5 Å². The van der Waals surface area contributed by atoms with Gasteiger partial charge in [-0.15, -0.1) is 0 Å². The minimum atomic E-state index is -0.121. The first-order valence-corrected chi connectivity index (χ1v) is 4.20. The standard InChI is InChI=1S/C9H14N2O2/c1-8(12)10-7-9-3-5-11(2,13)6-4-9/h3-5,13H,6-7H2,1-2H3/p+1. The first-order chi connectivity index (χ1) is 5.99. The molecule has 0 radical (unpaired) electrons. The number of carbonyl (C=O) groups is 1. The maximum atomic E-state index is 10.6. The van der Waals surface area contributed by atoms with Gasteiger partial charge in [-0.25, -0.2) is 5.21 Å². The van der Waals surface area contributed by atoms with E-state index in [0.29, 0.717) is 13.1 Å². The summed E-state index contributed by atoms with van der Waals surface area (Å²) in [5, 5.41) is 12.2. The molecule has 0 aromatic rings. The number of hydrogen-bond acceptors (Lipinski definition) is 2. The lowest BCUT2D eigenvalue weighted by Crippen LogP contribution is -2.36. The van der Waals surface area contributed by atoms with E-state index in [4.69, 9.17) is 0 Å². The predicted octanol–water partition coefficient (Wildman–Crippen LogP) is 0.412. The molecule has 1 rings (SSSR count). The number of nitrogens with one attached hydrogen (secondary N) is 1. The minimum absolute atomic E-state index is 0.0406. The molecule has 1 atom stereocenters. The van der Waals surface area contributed by atoms with Crippen LogP contribution in [-0.2, 0) is 4.79 Å². The van der Waals surface area contributed by atoms with Crippen LogP contribution in [0, 0.1) is 0 Å². The number of likely N-dealkylation sites (N-methyl/N-ethyl adjacent to an activating group) is 1. The van der Waals surface area contributed by atoms with Gasteiger partial charge in [-0.1, -0.05) is 0 Å². The Labute approximate surface area is 77.7 Å². The molecular weight excluding hydrogens is 168 g/mol. The molecule has 0 saturated carbocycles. The van der Waals surface area contributed by atoms with Gasteiger partial charge in [-0.2, -0.15) is 4.65 Å². The third-order valence-corrected chi connectivity index (χ3v) is 1.87. The van der Waals surface area contributed by atoms with Crippen molar-refractivity contribution in [2.75, 3.05) is 20.1 Å². The summed E-state index contributed by atoms with van der Waals surface area (Å²) in [4.78, 5) is 10.6. The van der Waals surface area contributed by atoms with Crippen LogP contribution in [0.4, 0.5) is 0 Å². The molecule has 0 saturated heterocycles. The van der Waals surface area contributed by atoms with Crippen LogP contribution in [0.1, 0.15) is 6.92 Å². The smallest absolute Gasteiger partial charge is 0.217 e. The molecule has 0 bridgehead atoms. The third-order valence-electron chi connectivity index (χ3n) is 1.87. The van der Waals surface area contributed by atoms with Gasteiger partial charge in [-0.3, -0.25) is 4.79 Å². The van der Waals surface area contributed by atoms with Crippen molar-refractivity contribution >= 4 is 5.91 Å². The molecule has 0 aromatic heterocycles. The highest BCUT2D eigenvalue weighted by molar-refractivity contribution is 5.73. The molecule has 1 unspecified atom stereocenters. The summed E-state index contributed by atoms with van der Waals surface area (Å²) < 4.78 is -0.121. The molecule has 1 aliphatic rings. The molecule has 13 heavy (non-hydrogen) atoms. The van der Waals surface area contributed by atoms with E-state index in [1.54, 1.807) is 13.2 Å². The molecule has 1 amide bonds. The van der Waals surface area contributed by atoms with Gasteiger partial charge in [0.05, 0.1) is 0 Å². The topological polar surface area (TPSA) is 49.3 Å². The number of rotatable bonds is 2. The van der Waals surface area contributed by atoms with Crippen LogP contribution < -0.4 is 5.32 Å². The van der Waals surface area contributed by atoms with Gasteiger partial charge in [-0.05, 0) is 17.7 Å². The lowest BCUT2D eigenvalue weighted by molar-refractivity contribution is -1.04. The van der Waals surface area contributed by atoms with Crippen LogP contribution in [0.25, 0.3) is 0 Å². The second-order valence-corrected chi connectivity index (χ2v) is 3.40. The molecule has 0 aliphatic carbocycles. The quantitative estimate of drug-likeness (QED) is 0.609. The van der Waals surface area contributed by atoms with Crippen LogP contribution in [0.15, 0.2) is 23.9 Å². The molecule has 4 heteroatoms. The molecule has 2 N–H and O–H groups in total. The van der Waals surface area contributed by atoms with E-state index in [9.17, 15) is 10.0 Å². The Balaban J connectivity index is 2.44. The Bertz CT molecular complexity index is 267. The zero-order valence-corrected chi connectivity index (χ0v) is 7.95. The van der Waals surface area contributed by atoms with Crippen LogP contribution in [0.3, 0.4) is 0 Å². The average molecular weight is 183 g/mol. The Kier molecular flexibility index (Phi) is 2.85. The monoisotopic (exact) mass is 183 g/mol. The van der Waals surface area contributed by atoms with E-state index in [0.717, 1.165) is 5.57 Å². The van der Waals surface area contributed by atoms with Crippen molar-refractivity contribution in [2.45, 2.75) is 6.92 Å². The van der Waals surface area contributed by atoms with E-state index >= 15 is 0 Å². The Morgan fingerprint density at radius 3 is 2.92 bits per heavy atom. The van der Waals surface area contributed by atoms with Crippen LogP contribution in [0.2, 0.25) is 0 Å². The lowest BCUT2D eigenvalue weighted by Gasteiger charge is -2.22. The fourth-order valence-corrected chi connectivity index (χ4v) is 1.04. The number of hydroxylamine groups is 3. The molecule has 1 heterocycles. The second-order valence-electron chi connectivity index (χ2n) is 3.40. The highest BCUT2D eigenvalue weighted by Gasteiger charge is 2.17. The van der Waals surface area contributed by atoms with E-state index < -0.39 is 0 Å². The van der Waals surface area contributed by atoms with Crippen LogP contribution in [0.5, 0.6) is 0 Å². The van der Waals surface area contributed by atoms with E-state index in [2.05, 4.69) is 5.32 Å². The highest BCUT2D eigenvalue weighted by atomic mass is 16.5. The van der Waals surface area contributed by atoms with Crippen molar-refractivity contribution in [3.63, 3.8) is 0 Å². The Hall–Kier alpha value is -1.13. The second kappa shape index (κ2) is 3.72. The van der Waals surface area contributed by atoms with Crippen molar-refractivity contribution < 1.29 is 14.6 Å². The van der Waals surface area contributed by atoms with Crippen molar-refractivity contribution in [1.82, 2.24) is 5.32 Å². The fourth-order valence-electron chi connectivity index (χ4n) is 1.04. The van der Waals surface area contributed by atoms with Crippen molar-refractivity contribution in [3.05, 3.63) is 23.9 Å². The summed E-state index contributed by atoms with van der Waals surface area (Å²) in [5.41, 5.74) is 1.03. The number of hydrogen-bond donors (Lipinski definition) is 2. The number of nitrogens with zero attached hydrogens (tertiary/aromatic N) is 1.